The Kier molecular flexibility index (Phi) is 4.08. The van der Waals surface area contributed by atoms with Crippen molar-refractivity contribution < 1.29 is 24.5 Å². The van der Waals surface area contributed by atoms with Crippen LogP contribution >= 0.6 is 0 Å². The molecule has 7 heteroatoms. The number of nitrogens with one attached hydrogen (secondary N) is 1. The van der Waals surface area contributed by atoms with Gasteiger partial charge in [0.2, 0.25) is 0 Å². The van der Waals surface area contributed by atoms with Gasteiger partial charge in [-0.2, -0.15) is 0 Å². The van der Waals surface area contributed by atoms with Gasteiger partial charge in [0.1, 0.15) is 0 Å². The molecule has 1 rings (SSSR count). The van der Waals surface area contributed by atoms with E-state index in [0.29, 0.717) is 26.3 Å². The van der Waals surface area contributed by atoms with Crippen LogP contribution in [-0.2, 0) is 9.53 Å². The summed E-state index contributed by atoms with van der Waals surface area (Å²) in [7, 11) is 0. The van der Waals surface area contributed by atoms with E-state index in [1.54, 1.807) is 0 Å². The maximum atomic E-state index is 11.5. The molecule has 1 saturated heterocycles. The van der Waals surface area contributed by atoms with Gasteiger partial charge in [-0.3, -0.25) is 0 Å². The van der Waals surface area contributed by atoms with Gasteiger partial charge in [-0.15, -0.1) is 0 Å². The lowest BCUT2D eigenvalue weighted by atomic mass is 10.1. The van der Waals surface area contributed by atoms with Gasteiger partial charge in [0.15, 0.2) is 5.60 Å². The lowest BCUT2D eigenvalue weighted by Gasteiger charge is -2.28. The summed E-state index contributed by atoms with van der Waals surface area (Å²) in [6, 6.07) is -0.384. The number of carboxylic acids is 1. The van der Waals surface area contributed by atoms with E-state index < -0.39 is 11.6 Å². The maximum Gasteiger partial charge on any atom is 0.337 e. The Bertz CT molecular complexity index is 273. The largest absolute Gasteiger partial charge is 0.479 e. The zero-order valence-corrected chi connectivity index (χ0v) is 9.10. The first-order chi connectivity index (χ1) is 7.43. The second-order valence-electron chi connectivity index (χ2n) is 3.84. The summed E-state index contributed by atoms with van der Waals surface area (Å²) in [5.74, 6) is -1.37. The third kappa shape index (κ3) is 3.35. The molecule has 1 fully saturated rings. The molecule has 1 heterocycles. The van der Waals surface area contributed by atoms with Gasteiger partial charge in [0.25, 0.3) is 0 Å². The Labute approximate surface area is 93.0 Å². The van der Waals surface area contributed by atoms with Crippen LogP contribution in [0.25, 0.3) is 0 Å². The van der Waals surface area contributed by atoms with Crippen molar-refractivity contribution in [2.24, 2.45) is 0 Å². The van der Waals surface area contributed by atoms with E-state index in [4.69, 9.17) is 9.84 Å². The Hall–Kier alpha value is -1.34. The molecule has 1 aliphatic rings. The molecule has 0 bridgehead atoms. The normalized spacial score (nSPS) is 20.0. The van der Waals surface area contributed by atoms with Gasteiger partial charge >= 0.3 is 12.0 Å². The fourth-order valence-electron chi connectivity index (χ4n) is 1.20. The minimum absolute atomic E-state index is 0.321. The van der Waals surface area contributed by atoms with E-state index in [2.05, 4.69) is 5.32 Å². The zero-order chi connectivity index (χ0) is 12.2. The smallest absolute Gasteiger partial charge is 0.337 e. The number of morpholine rings is 1. The molecule has 7 nitrogen and oxygen atoms in total. The molecule has 0 aliphatic carbocycles. The van der Waals surface area contributed by atoms with Crippen LogP contribution in [0.15, 0.2) is 0 Å². The van der Waals surface area contributed by atoms with Gasteiger partial charge in [-0.1, -0.05) is 0 Å². The molecular formula is C9H16N2O5. The van der Waals surface area contributed by atoms with Crippen molar-refractivity contribution in [3.8, 4) is 0 Å². The molecule has 0 spiro atoms. The number of hydrogen-bond acceptors (Lipinski definition) is 4. The van der Waals surface area contributed by atoms with Gasteiger partial charge < -0.3 is 25.2 Å². The predicted molar refractivity (Wildman–Crippen MR) is 54.1 cm³/mol. The molecule has 1 aliphatic heterocycles. The van der Waals surface area contributed by atoms with Crippen LogP contribution in [0.1, 0.15) is 6.92 Å². The van der Waals surface area contributed by atoms with Crippen LogP contribution in [0.2, 0.25) is 0 Å². The van der Waals surface area contributed by atoms with E-state index in [9.17, 15) is 14.7 Å². The van der Waals surface area contributed by atoms with Crippen molar-refractivity contribution in [3.05, 3.63) is 0 Å². The van der Waals surface area contributed by atoms with Crippen LogP contribution in [-0.4, -0.2) is 65.6 Å². The summed E-state index contributed by atoms with van der Waals surface area (Å²) in [6.07, 6.45) is 0. The van der Waals surface area contributed by atoms with Crippen molar-refractivity contribution in [2.45, 2.75) is 12.5 Å². The molecule has 92 valence electrons. The van der Waals surface area contributed by atoms with Crippen molar-refractivity contribution in [3.63, 3.8) is 0 Å². The number of ether oxygens (including phenoxy) is 1. The summed E-state index contributed by atoms with van der Waals surface area (Å²) in [4.78, 5) is 23.6. The minimum Gasteiger partial charge on any atom is -0.479 e. The second kappa shape index (κ2) is 5.13. The highest BCUT2D eigenvalue weighted by molar-refractivity contribution is 5.79. The number of carboxylic acid groups (broad SMARTS) is 1. The first-order valence-electron chi connectivity index (χ1n) is 5.00. The average molecular weight is 232 g/mol. The lowest BCUT2D eigenvalue weighted by molar-refractivity contribution is -0.155. The van der Waals surface area contributed by atoms with E-state index in [-0.39, 0.29) is 12.6 Å². The van der Waals surface area contributed by atoms with E-state index in [1.807, 2.05) is 0 Å². The number of aliphatic carboxylic acids is 1. The number of urea groups is 1. The van der Waals surface area contributed by atoms with Crippen molar-refractivity contribution in [1.82, 2.24) is 10.2 Å². The Morgan fingerprint density at radius 2 is 2.00 bits per heavy atom. The number of carbonyl (C=O) groups excluding carboxylic acids is 1. The number of aliphatic hydroxyl groups is 1. The van der Waals surface area contributed by atoms with Crippen LogP contribution in [0.3, 0.4) is 0 Å². The van der Waals surface area contributed by atoms with Gasteiger partial charge in [-0.05, 0) is 6.92 Å². The topological polar surface area (TPSA) is 99.1 Å². The molecule has 0 aromatic carbocycles. The quantitative estimate of drug-likeness (QED) is 0.571. The van der Waals surface area contributed by atoms with Crippen LogP contribution in [0, 0.1) is 0 Å². The second-order valence-corrected chi connectivity index (χ2v) is 3.84. The summed E-state index contributed by atoms with van der Waals surface area (Å²) in [5, 5.41) is 20.4. The molecule has 1 atom stereocenters. The van der Waals surface area contributed by atoms with E-state index in [1.165, 1.54) is 4.90 Å². The molecule has 16 heavy (non-hydrogen) atoms. The molecule has 3 N–H and O–H groups in total. The summed E-state index contributed by atoms with van der Waals surface area (Å²) >= 11 is 0. The fraction of sp³-hybridized carbons (Fsp3) is 0.778. The van der Waals surface area contributed by atoms with E-state index in [0.717, 1.165) is 6.92 Å². The zero-order valence-electron chi connectivity index (χ0n) is 9.10. The molecule has 0 aromatic rings. The number of hydrogen-bond donors (Lipinski definition) is 3. The Morgan fingerprint density at radius 3 is 2.50 bits per heavy atom. The number of rotatable bonds is 3. The average Bonchev–Trinajstić information content (AvgIpc) is 2.27. The molecule has 2 amide bonds. The number of nitrogens with zero attached hydrogens (tertiary/aromatic N) is 1. The van der Waals surface area contributed by atoms with Crippen LogP contribution < -0.4 is 5.32 Å². The summed E-state index contributed by atoms with van der Waals surface area (Å²) < 4.78 is 5.07. The molecule has 0 radical (unpaired) electrons. The maximum absolute atomic E-state index is 11.5. The highest BCUT2D eigenvalue weighted by Crippen LogP contribution is 2.02. The fourth-order valence-corrected chi connectivity index (χ4v) is 1.20. The highest BCUT2D eigenvalue weighted by Gasteiger charge is 2.31. The van der Waals surface area contributed by atoms with Gasteiger partial charge in [0, 0.05) is 13.1 Å². The molecule has 1 unspecified atom stereocenters. The standard InChI is InChI=1S/C9H16N2O5/c1-9(15,7(12)13)6-10-8(14)11-2-4-16-5-3-11/h15H,2-6H2,1H3,(H,10,14)(H,12,13). The van der Waals surface area contributed by atoms with E-state index >= 15 is 0 Å². The van der Waals surface area contributed by atoms with Crippen molar-refractivity contribution in [2.75, 3.05) is 32.8 Å². The number of amides is 2. The Balaban J connectivity index is 2.37. The van der Waals surface area contributed by atoms with Crippen LogP contribution in [0.5, 0.6) is 0 Å². The highest BCUT2D eigenvalue weighted by atomic mass is 16.5. The SMILES string of the molecule is CC(O)(CNC(=O)N1CCOCC1)C(=O)O. The summed E-state index contributed by atoms with van der Waals surface area (Å²) in [6.45, 7) is 2.71. The van der Waals surface area contributed by atoms with Gasteiger partial charge in [0.05, 0.1) is 19.8 Å². The molecule has 0 aromatic heterocycles. The first kappa shape index (κ1) is 12.7. The van der Waals surface area contributed by atoms with Crippen LogP contribution in [0.4, 0.5) is 4.79 Å². The van der Waals surface area contributed by atoms with Crippen molar-refractivity contribution >= 4 is 12.0 Å². The van der Waals surface area contributed by atoms with Crippen molar-refractivity contribution in [1.29, 1.82) is 0 Å². The molecular weight excluding hydrogens is 216 g/mol. The third-order valence-corrected chi connectivity index (χ3v) is 2.34. The summed E-state index contributed by atoms with van der Waals surface area (Å²) in [5.41, 5.74) is -1.94. The third-order valence-electron chi connectivity index (χ3n) is 2.34. The number of carbonyl (C=O) groups is 2. The minimum atomic E-state index is -1.94. The Morgan fingerprint density at radius 1 is 1.44 bits per heavy atom. The molecule has 0 saturated carbocycles. The van der Waals surface area contributed by atoms with Gasteiger partial charge in [-0.25, -0.2) is 9.59 Å². The lowest BCUT2D eigenvalue weighted by Crippen LogP contribution is -2.52. The first-order valence-corrected chi connectivity index (χ1v) is 5.00. The predicted octanol–water partition coefficient (Wildman–Crippen LogP) is -1.14. The monoisotopic (exact) mass is 232 g/mol.